The second kappa shape index (κ2) is 24.1. The Hall–Kier alpha value is -7.46. The normalized spacial score (nSPS) is 21.1. The lowest BCUT2D eigenvalue weighted by Gasteiger charge is -2.42. The number of fused-ring (bicyclic) bond motifs is 4. The Morgan fingerprint density at radius 2 is 1.65 bits per heavy atom. The number of phenolic OH excluding ortho intramolecular Hbond substituents is 1. The van der Waals surface area contributed by atoms with E-state index in [0.717, 1.165) is 116 Å². The molecule has 12 rings (SSSR count). The number of aromatic hydroxyl groups is 1. The van der Waals surface area contributed by atoms with Crippen LogP contribution in [0.25, 0.3) is 43.4 Å². The van der Waals surface area contributed by atoms with Crippen LogP contribution in [-0.4, -0.2) is 157 Å². The fourth-order valence-corrected chi connectivity index (χ4v) is 14.2. The number of anilines is 2. The largest absolute Gasteiger partial charge is 0.508 e. The summed E-state index contributed by atoms with van der Waals surface area (Å²) in [7, 11) is 0. The summed E-state index contributed by atoms with van der Waals surface area (Å²) in [6.45, 7) is 17.5. The van der Waals surface area contributed by atoms with Gasteiger partial charge in [0, 0.05) is 69.5 Å². The quantitative estimate of drug-likeness (QED) is 0.0582. The number of piperazine rings is 1. The molecule has 5 fully saturated rings. The van der Waals surface area contributed by atoms with E-state index in [1.165, 1.54) is 11.1 Å². The van der Waals surface area contributed by atoms with E-state index in [1.807, 2.05) is 82.6 Å². The van der Waals surface area contributed by atoms with Gasteiger partial charge in [-0.1, -0.05) is 70.2 Å². The monoisotopic (exact) mass is 1170 g/mol. The molecule has 0 aliphatic carbocycles. The average molecular weight is 1170 g/mol. The number of carbonyl (C=O) groups excluding carboxylic acids is 3. The lowest BCUT2D eigenvalue weighted by Crippen LogP contribution is -2.58. The molecule has 19 nitrogen and oxygen atoms in total. The molecule has 3 aromatic carbocycles. The molecule has 0 spiro atoms. The zero-order valence-corrected chi connectivity index (χ0v) is 50.0. The van der Waals surface area contributed by atoms with Crippen molar-refractivity contribution >= 4 is 62.4 Å². The number of β-amino-alcohol motifs (C(OH)–C–C–N with tert-alkyl or cyclic N) is 1. The summed E-state index contributed by atoms with van der Waals surface area (Å²) >= 11 is 1.58. The van der Waals surface area contributed by atoms with Gasteiger partial charge in [0.1, 0.15) is 53.0 Å². The first-order chi connectivity index (χ1) is 40.9. The molecule has 5 aliphatic rings. The number of hydrogen-bond acceptors (Lipinski definition) is 17. The molecule has 4 unspecified atom stereocenters. The fourth-order valence-electron chi connectivity index (χ4n) is 13.4. The molecule has 2 bridgehead atoms. The molecule has 85 heavy (non-hydrogen) atoms. The predicted octanol–water partition coefficient (Wildman–Crippen LogP) is 8.02. The van der Waals surface area contributed by atoms with E-state index in [1.54, 1.807) is 35.9 Å². The Kier molecular flexibility index (Phi) is 16.4. The number of aryl methyl sites for hydroxylation is 2. The van der Waals surface area contributed by atoms with Crippen molar-refractivity contribution in [3.63, 3.8) is 0 Å². The first-order valence-electron chi connectivity index (χ1n) is 30.1. The van der Waals surface area contributed by atoms with Crippen LogP contribution in [0.3, 0.4) is 0 Å². The number of thiazole rings is 1. The Balaban J connectivity index is 0.621. The minimum Gasteiger partial charge on any atom is -0.508 e. The number of nitrogens with one attached hydrogen (secondary N) is 3. The molecule has 0 saturated carbocycles. The zero-order chi connectivity index (χ0) is 59.3. The minimum absolute atomic E-state index is 0.0342. The SMILES string of the molecule is CCc1cccc2cc(O)cc(-c3ncc4c(N5CC6CCC(C5)N6)nc(OCCN5CCC(CC6CN(c7cnc(C(=O)NC(C(=O)N8C[C@H](O)C[C@H]8C(=O)NC(C)c8ccc(-c9scnc9C)cc8)C(C)(C)C)cn7)C6)CC5)nc4c3F)c12. The van der Waals surface area contributed by atoms with Crippen molar-refractivity contribution in [1.82, 2.24) is 55.7 Å². The smallest absolute Gasteiger partial charge is 0.319 e. The molecular formula is C64H76FN13O6S. The van der Waals surface area contributed by atoms with Crippen LogP contribution in [0.1, 0.15) is 106 Å². The van der Waals surface area contributed by atoms with Crippen LogP contribution in [0, 0.1) is 30.0 Å². The molecule has 6 atom stereocenters. The lowest BCUT2D eigenvalue weighted by atomic mass is 9.83. The molecule has 446 valence electrons. The molecule has 7 aromatic rings. The van der Waals surface area contributed by atoms with Crippen molar-refractivity contribution in [1.29, 1.82) is 0 Å². The maximum atomic E-state index is 17.1. The predicted molar refractivity (Wildman–Crippen MR) is 326 cm³/mol. The number of likely N-dealkylation sites (tertiary alicyclic amines) is 2. The van der Waals surface area contributed by atoms with Gasteiger partial charge in [-0.05, 0) is 122 Å². The van der Waals surface area contributed by atoms with Gasteiger partial charge in [0.2, 0.25) is 11.8 Å². The maximum absolute atomic E-state index is 17.1. The first kappa shape index (κ1) is 57.9. The highest BCUT2D eigenvalue weighted by molar-refractivity contribution is 7.13. The number of amides is 3. The van der Waals surface area contributed by atoms with E-state index in [9.17, 15) is 24.6 Å². The van der Waals surface area contributed by atoms with Gasteiger partial charge in [0.05, 0.1) is 46.0 Å². The fraction of sp³-hybridized carbons (Fsp3) is 0.484. The van der Waals surface area contributed by atoms with Crippen LogP contribution < -0.4 is 30.5 Å². The number of carbonyl (C=O) groups is 3. The third-order valence-electron chi connectivity index (χ3n) is 18.0. The van der Waals surface area contributed by atoms with E-state index in [0.29, 0.717) is 59.7 Å². The third-order valence-corrected chi connectivity index (χ3v) is 19.0. The summed E-state index contributed by atoms with van der Waals surface area (Å²) in [4.78, 5) is 79.1. The molecule has 0 radical (unpaired) electrons. The van der Waals surface area contributed by atoms with Crippen LogP contribution in [0.4, 0.5) is 16.0 Å². The molecule has 5 N–H and O–H groups in total. The molecule has 4 aromatic heterocycles. The van der Waals surface area contributed by atoms with Crippen LogP contribution in [0.15, 0.2) is 78.7 Å². The molecular weight excluding hydrogens is 1100 g/mol. The third kappa shape index (κ3) is 12.2. The van der Waals surface area contributed by atoms with E-state index in [2.05, 4.69) is 52.5 Å². The minimum atomic E-state index is -1.02. The van der Waals surface area contributed by atoms with Gasteiger partial charge in [-0.25, -0.2) is 19.3 Å². The summed E-state index contributed by atoms with van der Waals surface area (Å²) in [5.41, 5.74) is 5.88. The summed E-state index contributed by atoms with van der Waals surface area (Å²) < 4.78 is 23.5. The van der Waals surface area contributed by atoms with Crippen molar-refractivity contribution in [3.8, 4) is 33.5 Å². The van der Waals surface area contributed by atoms with E-state index < -0.39 is 41.2 Å². The number of hydrogen-bond donors (Lipinski definition) is 5. The van der Waals surface area contributed by atoms with Gasteiger partial charge in [-0.2, -0.15) is 9.97 Å². The van der Waals surface area contributed by atoms with Gasteiger partial charge in [0.25, 0.3) is 5.91 Å². The standard InChI is InChI=1S/C64H76FN13O6S/c1-7-40-9-8-10-43-24-46(79)25-48(53(40)43)55-54(65)56-49(27-68-55)59(77-32-44-15-16-45(33-77)71-44)74-63(72-56)84-22-21-75-19-17-38(18-20-75)23-39-30-76(31-39)52-29-66-50(28-67-52)60(81)73-58(64(4,5)6)62(83)78-34-47(80)26-51(78)61(82)70-36(2)41-11-13-42(14-12-41)57-37(3)69-35-85-57/h8-14,24-25,27-29,35-36,38-39,44-45,47,51,58,71,79-80H,7,15-23,26,30-34H2,1-6H3,(H,70,82)(H,73,81)/t36?,44?,45?,47-,51+,58?/m1/s1. The first-order valence-corrected chi connectivity index (χ1v) is 31.0. The Bertz CT molecular complexity index is 3590. The van der Waals surface area contributed by atoms with Gasteiger partial charge in [-0.15, -0.1) is 11.3 Å². The second-order valence-corrected chi connectivity index (χ2v) is 26.0. The van der Waals surface area contributed by atoms with E-state index >= 15 is 4.39 Å². The van der Waals surface area contributed by atoms with E-state index in [4.69, 9.17) is 19.7 Å². The highest BCUT2D eigenvalue weighted by atomic mass is 32.1. The molecule has 3 amide bonds. The van der Waals surface area contributed by atoms with Crippen LogP contribution in [-0.2, 0) is 16.0 Å². The van der Waals surface area contributed by atoms with Gasteiger partial charge < -0.3 is 45.6 Å². The molecule has 5 aliphatic heterocycles. The summed E-state index contributed by atoms with van der Waals surface area (Å²) in [6, 6.07) is 15.6. The Labute approximate surface area is 498 Å². The van der Waals surface area contributed by atoms with Crippen molar-refractivity contribution in [3.05, 3.63) is 107 Å². The van der Waals surface area contributed by atoms with Crippen molar-refractivity contribution in [2.24, 2.45) is 17.3 Å². The van der Waals surface area contributed by atoms with Crippen molar-refractivity contribution in [2.45, 2.75) is 123 Å². The topological polar surface area (TPSA) is 227 Å². The average Bonchev–Trinajstić information content (AvgIpc) is 1.58. The van der Waals surface area contributed by atoms with Crippen LogP contribution in [0.5, 0.6) is 11.8 Å². The Morgan fingerprint density at radius 3 is 2.34 bits per heavy atom. The van der Waals surface area contributed by atoms with Gasteiger partial charge >= 0.3 is 6.01 Å². The highest BCUT2D eigenvalue weighted by Gasteiger charge is 2.45. The van der Waals surface area contributed by atoms with Crippen LogP contribution in [0.2, 0.25) is 0 Å². The highest BCUT2D eigenvalue weighted by Crippen LogP contribution is 2.40. The zero-order valence-electron chi connectivity index (χ0n) is 49.2. The number of ether oxygens (including phenoxy) is 1. The number of benzene rings is 3. The maximum Gasteiger partial charge on any atom is 0.319 e. The summed E-state index contributed by atoms with van der Waals surface area (Å²) in [6.07, 6.45) is 10.0. The van der Waals surface area contributed by atoms with Gasteiger partial charge in [-0.3, -0.25) is 24.3 Å². The number of aromatic nitrogens is 6. The number of phenols is 1. The van der Waals surface area contributed by atoms with Crippen LogP contribution >= 0.6 is 11.3 Å². The van der Waals surface area contributed by atoms with Crippen molar-refractivity contribution in [2.75, 3.05) is 68.8 Å². The number of aliphatic hydroxyl groups excluding tert-OH is 1. The van der Waals surface area contributed by atoms with Crippen molar-refractivity contribution < 1.29 is 33.7 Å². The summed E-state index contributed by atoms with van der Waals surface area (Å²) in [5.74, 6) is 0.483. The molecule has 9 heterocycles. The number of rotatable bonds is 17. The number of aliphatic hydroxyl groups is 1. The Morgan fingerprint density at radius 1 is 0.882 bits per heavy atom. The van der Waals surface area contributed by atoms with E-state index in [-0.39, 0.29) is 53.6 Å². The van der Waals surface area contributed by atoms with Gasteiger partial charge in [0.15, 0.2) is 5.82 Å². The second-order valence-electron chi connectivity index (χ2n) is 25.1. The number of halogens is 1. The molecule has 21 heteroatoms. The number of piperidine rings is 1. The number of nitrogens with zero attached hydrogens (tertiary/aromatic N) is 10. The summed E-state index contributed by atoms with van der Waals surface area (Å²) in [5, 5.41) is 33.4. The molecule has 5 saturated heterocycles. The lowest BCUT2D eigenvalue weighted by molar-refractivity contribution is -0.142. The number of pyridine rings is 1.